The molecule has 0 bridgehead atoms. The van der Waals surface area contributed by atoms with E-state index in [0.29, 0.717) is 12.2 Å². The minimum Gasteiger partial charge on any atom is -0.483 e. The molecular formula is C21H26N2O3. The summed E-state index contributed by atoms with van der Waals surface area (Å²) in [5, 5.41) is 0. The third-order valence-electron chi connectivity index (χ3n) is 3.60. The molecule has 0 fully saturated rings. The summed E-state index contributed by atoms with van der Waals surface area (Å²) in [6, 6.07) is 17.7. The number of hydrogen-bond donors (Lipinski definition) is 2. The van der Waals surface area contributed by atoms with Crippen molar-refractivity contribution in [3.63, 3.8) is 0 Å². The predicted octanol–water partition coefficient (Wildman–Crippen LogP) is 3.24. The third kappa shape index (κ3) is 6.97. The van der Waals surface area contributed by atoms with Crippen molar-refractivity contribution in [2.75, 3.05) is 6.61 Å². The molecule has 0 aromatic heterocycles. The Balaban J connectivity index is 1.85. The van der Waals surface area contributed by atoms with E-state index < -0.39 is 5.91 Å². The largest absolute Gasteiger partial charge is 0.483 e. The van der Waals surface area contributed by atoms with Crippen molar-refractivity contribution in [1.82, 2.24) is 10.9 Å². The van der Waals surface area contributed by atoms with Gasteiger partial charge in [0, 0.05) is 12.8 Å². The summed E-state index contributed by atoms with van der Waals surface area (Å²) in [5.74, 6) is 0.0321. The average Bonchev–Trinajstić information content (AvgIpc) is 2.59. The molecule has 26 heavy (non-hydrogen) atoms. The van der Waals surface area contributed by atoms with Crippen LogP contribution in [0.2, 0.25) is 0 Å². The number of hydrazine groups is 1. The normalized spacial score (nSPS) is 10.9. The number of ether oxygens (including phenoxy) is 1. The zero-order valence-electron chi connectivity index (χ0n) is 15.5. The molecule has 0 saturated carbocycles. The van der Waals surface area contributed by atoms with Gasteiger partial charge in [-0.1, -0.05) is 69.3 Å². The first kappa shape index (κ1) is 19.5. The van der Waals surface area contributed by atoms with Gasteiger partial charge in [0.2, 0.25) is 5.91 Å². The zero-order valence-corrected chi connectivity index (χ0v) is 15.5. The van der Waals surface area contributed by atoms with E-state index in [0.717, 1.165) is 12.0 Å². The number of benzene rings is 2. The Morgan fingerprint density at radius 1 is 0.885 bits per heavy atom. The van der Waals surface area contributed by atoms with Crippen LogP contribution in [0.25, 0.3) is 0 Å². The molecule has 5 nitrogen and oxygen atoms in total. The molecule has 0 aliphatic heterocycles. The Labute approximate surface area is 154 Å². The molecule has 138 valence electrons. The van der Waals surface area contributed by atoms with Gasteiger partial charge in [0.1, 0.15) is 5.75 Å². The van der Waals surface area contributed by atoms with Crippen LogP contribution in [0.5, 0.6) is 5.75 Å². The predicted molar refractivity (Wildman–Crippen MR) is 102 cm³/mol. The van der Waals surface area contributed by atoms with Crippen LogP contribution in [-0.2, 0) is 16.0 Å². The molecule has 0 radical (unpaired) electrons. The maximum Gasteiger partial charge on any atom is 0.276 e. The lowest BCUT2D eigenvalue weighted by atomic mass is 9.92. The Bertz CT molecular complexity index is 736. The summed E-state index contributed by atoms with van der Waals surface area (Å²) in [6.07, 6.45) is 1.05. The van der Waals surface area contributed by atoms with Crippen LogP contribution in [0.3, 0.4) is 0 Å². The number of rotatable bonds is 6. The third-order valence-corrected chi connectivity index (χ3v) is 3.60. The summed E-state index contributed by atoms with van der Waals surface area (Å²) >= 11 is 0. The van der Waals surface area contributed by atoms with Crippen LogP contribution in [-0.4, -0.2) is 18.4 Å². The minimum absolute atomic E-state index is 0.137. The molecule has 2 aromatic rings. The first-order valence-corrected chi connectivity index (χ1v) is 8.66. The van der Waals surface area contributed by atoms with E-state index >= 15 is 0 Å². The molecule has 0 atom stereocenters. The topological polar surface area (TPSA) is 67.4 Å². The zero-order chi connectivity index (χ0) is 19.0. The summed E-state index contributed by atoms with van der Waals surface area (Å²) in [5.41, 5.74) is 6.83. The highest BCUT2D eigenvalue weighted by molar-refractivity contribution is 5.83. The molecule has 5 heteroatoms. The van der Waals surface area contributed by atoms with E-state index in [1.54, 1.807) is 0 Å². The van der Waals surface area contributed by atoms with E-state index in [4.69, 9.17) is 4.74 Å². The summed E-state index contributed by atoms with van der Waals surface area (Å²) < 4.78 is 5.64. The van der Waals surface area contributed by atoms with Gasteiger partial charge in [-0.15, -0.1) is 0 Å². The summed E-state index contributed by atoms with van der Waals surface area (Å²) in [7, 11) is 0. The Morgan fingerprint density at radius 3 is 2.19 bits per heavy atom. The summed E-state index contributed by atoms with van der Waals surface area (Å²) in [4.78, 5) is 23.6. The average molecular weight is 354 g/mol. The molecule has 2 N–H and O–H groups in total. The fraction of sp³-hybridized carbons (Fsp3) is 0.333. The second-order valence-corrected chi connectivity index (χ2v) is 7.39. The fourth-order valence-corrected chi connectivity index (χ4v) is 2.45. The first-order valence-electron chi connectivity index (χ1n) is 8.66. The number of carbonyl (C=O) groups excluding carboxylic acids is 2. The van der Waals surface area contributed by atoms with Gasteiger partial charge in [0.15, 0.2) is 6.61 Å². The number of amides is 2. The molecule has 2 aromatic carbocycles. The standard InChI is InChI=1S/C21H26N2O3/c1-21(2,3)14-19(24)22-23-20(25)15-26-18-12-8-7-11-17(18)13-16-9-5-4-6-10-16/h4-12H,13-15H2,1-3H3,(H,22,24)(H,23,25). The van der Waals surface area contributed by atoms with Gasteiger partial charge in [0.05, 0.1) is 0 Å². The maximum atomic E-state index is 11.9. The van der Waals surface area contributed by atoms with Gasteiger partial charge in [-0.25, -0.2) is 0 Å². The second-order valence-electron chi connectivity index (χ2n) is 7.39. The summed E-state index contributed by atoms with van der Waals surface area (Å²) in [6.45, 7) is 5.71. The molecule has 2 rings (SSSR count). The van der Waals surface area contributed by atoms with E-state index in [-0.39, 0.29) is 17.9 Å². The molecule has 0 unspecified atom stereocenters. The monoisotopic (exact) mass is 354 g/mol. The van der Waals surface area contributed by atoms with Crippen LogP contribution in [0, 0.1) is 5.41 Å². The molecule has 0 heterocycles. The van der Waals surface area contributed by atoms with Gasteiger partial charge in [-0.2, -0.15) is 0 Å². The van der Waals surface area contributed by atoms with Crippen molar-refractivity contribution in [3.8, 4) is 5.75 Å². The van der Waals surface area contributed by atoms with E-state index in [9.17, 15) is 9.59 Å². The van der Waals surface area contributed by atoms with Crippen molar-refractivity contribution in [2.24, 2.45) is 5.41 Å². The minimum atomic E-state index is -0.401. The van der Waals surface area contributed by atoms with Crippen LogP contribution in [0.15, 0.2) is 54.6 Å². The van der Waals surface area contributed by atoms with Crippen LogP contribution in [0.1, 0.15) is 38.3 Å². The lowest BCUT2D eigenvalue weighted by Crippen LogP contribution is -2.44. The van der Waals surface area contributed by atoms with Crippen molar-refractivity contribution < 1.29 is 14.3 Å². The second kappa shape index (κ2) is 9.04. The fourth-order valence-electron chi connectivity index (χ4n) is 2.45. The van der Waals surface area contributed by atoms with Gasteiger partial charge in [0.25, 0.3) is 5.91 Å². The molecule has 0 spiro atoms. The van der Waals surface area contributed by atoms with Crippen molar-refractivity contribution in [3.05, 3.63) is 65.7 Å². The molecule has 0 saturated heterocycles. The highest BCUT2D eigenvalue weighted by atomic mass is 16.5. The molecule has 0 aliphatic rings. The van der Waals surface area contributed by atoms with E-state index in [1.165, 1.54) is 5.56 Å². The van der Waals surface area contributed by atoms with E-state index in [1.807, 2.05) is 75.4 Å². The molecule has 0 aliphatic carbocycles. The number of para-hydroxylation sites is 1. The van der Waals surface area contributed by atoms with Crippen LogP contribution >= 0.6 is 0 Å². The van der Waals surface area contributed by atoms with Gasteiger partial charge in [-0.05, 0) is 22.6 Å². The first-order chi connectivity index (χ1) is 12.3. The van der Waals surface area contributed by atoms with Crippen LogP contribution < -0.4 is 15.6 Å². The van der Waals surface area contributed by atoms with Crippen molar-refractivity contribution in [2.45, 2.75) is 33.6 Å². The Morgan fingerprint density at radius 2 is 1.50 bits per heavy atom. The Hall–Kier alpha value is -2.82. The van der Waals surface area contributed by atoms with Gasteiger partial charge in [-0.3, -0.25) is 20.4 Å². The van der Waals surface area contributed by atoms with E-state index in [2.05, 4.69) is 10.9 Å². The highest BCUT2D eigenvalue weighted by Gasteiger charge is 2.16. The maximum absolute atomic E-state index is 11.9. The van der Waals surface area contributed by atoms with Gasteiger partial charge >= 0.3 is 0 Å². The smallest absolute Gasteiger partial charge is 0.276 e. The quantitative estimate of drug-likeness (QED) is 0.783. The van der Waals surface area contributed by atoms with Crippen molar-refractivity contribution >= 4 is 11.8 Å². The number of hydrogen-bond acceptors (Lipinski definition) is 3. The van der Waals surface area contributed by atoms with Crippen molar-refractivity contribution in [1.29, 1.82) is 0 Å². The van der Waals surface area contributed by atoms with Gasteiger partial charge < -0.3 is 4.74 Å². The SMILES string of the molecule is CC(C)(C)CC(=O)NNC(=O)COc1ccccc1Cc1ccccc1. The number of carbonyl (C=O) groups is 2. The lowest BCUT2D eigenvalue weighted by Gasteiger charge is -2.17. The Kier molecular flexibility index (Phi) is 6.78. The lowest BCUT2D eigenvalue weighted by molar-refractivity contribution is -0.130. The molecule has 2 amide bonds. The highest BCUT2D eigenvalue weighted by Crippen LogP contribution is 2.21. The van der Waals surface area contributed by atoms with Crippen LogP contribution in [0.4, 0.5) is 0 Å². The number of nitrogens with one attached hydrogen (secondary N) is 2. The molecular weight excluding hydrogens is 328 g/mol.